The maximum atomic E-state index is 11.0. The van der Waals surface area contributed by atoms with E-state index in [0.29, 0.717) is 29.5 Å². The lowest BCUT2D eigenvalue weighted by molar-refractivity contribution is -0.0368. The quantitative estimate of drug-likeness (QED) is 0.202. The van der Waals surface area contributed by atoms with Crippen molar-refractivity contribution < 1.29 is 35.4 Å². The minimum Gasteiger partial charge on any atom is -0.508 e. The molecular formula is C33H32O7. The van der Waals surface area contributed by atoms with E-state index >= 15 is 0 Å². The highest BCUT2D eigenvalue weighted by Gasteiger charge is 2.32. The third-order valence-electron chi connectivity index (χ3n) is 8.23. The SMILES string of the molecule is OCc1cc(-c2ccc3c(c2)CC(OCc2cc(-c4ccc5c(c4)CCC5O)cc(CO)c2O)C3O)ccc1O. The fourth-order valence-electron chi connectivity index (χ4n) is 5.95. The van der Waals surface area contributed by atoms with E-state index in [9.17, 15) is 30.6 Å². The molecule has 0 saturated carbocycles. The van der Waals surface area contributed by atoms with Gasteiger partial charge >= 0.3 is 0 Å². The Kier molecular flexibility index (Phi) is 7.08. The van der Waals surface area contributed by atoms with Gasteiger partial charge in [0.15, 0.2) is 0 Å². The number of aliphatic hydroxyl groups is 4. The standard InChI is InChI=1S/C33H32O7/c34-15-24-11-19(3-7-29(24)36)18-2-6-28-23(10-18)14-31(33(28)39)40-17-26-13-22(12-25(16-35)32(26)38)20-1-5-27-21(9-20)4-8-30(27)37/h1-3,5-7,9-13,30-31,33-39H,4,8,14-17H2. The molecule has 7 nitrogen and oxygen atoms in total. The zero-order chi connectivity index (χ0) is 28.0. The van der Waals surface area contributed by atoms with Gasteiger partial charge in [0.05, 0.1) is 32.0 Å². The van der Waals surface area contributed by atoms with Crippen LogP contribution in [-0.2, 0) is 37.4 Å². The highest BCUT2D eigenvalue weighted by atomic mass is 16.5. The van der Waals surface area contributed by atoms with Crippen molar-refractivity contribution in [1.29, 1.82) is 0 Å². The summed E-state index contributed by atoms with van der Waals surface area (Å²) < 4.78 is 6.15. The zero-order valence-electron chi connectivity index (χ0n) is 21.9. The average Bonchev–Trinajstić information content (AvgIpc) is 3.50. The van der Waals surface area contributed by atoms with Crippen molar-refractivity contribution in [3.8, 4) is 33.8 Å². The molecule has 6 rings (SSSR count). The Bertz CT molecular complexity index is 1580. The molecule has 3 atom stereocenters. The highest BCUT2D eigenvalue weighted by molar-refractivity contribution is 5.69. The highest BCUT2D eigenvalue weighted by Crippen LogP contribution is 2.39. The molecule has 0 fully saturated rings. The summed E-state index contributed by atoms with van der Waals surface area (Å²) in [6, 6.07) is 20.4. The first-order chi connectivity index (χ1) is 19.4. The van der Waals surface area contributed by atoms with Gasteiger partial charge in [-0.15, -0.1) is 0 Å². The van der Waals surface area contributed by atoms with Crippen LogP contribution in [0.15, 0.2) is 66.7 Å². The van der Waals surface area contributed by atoms with Crippen molar-refractivity contribution in [2.75, 3.05) is 0 Å². The Balaban J connectivity index is 1.22. The summed E-state index contributed by atoms with van der Waals surface area (Å²) in [4.78, 5) is 0. The smallest absolute Gasteiger partial charge is 0.126 e. The molecule has 0 bridgehead atoms. The second kappa shape index (κ2) is 10.7. The minimum atomic E-state index is -0.831. The van der Waals surface area contributed by atoms with Crippen LogP contribution in [0, 0.1) is 0 Å². The number of benzene rings is 4. The molecule has 0 aliphatic heterocycles. The minimum absolute atomic E-state index is 0.0258. The van der Waals surface area contributed by atoms with Gasteiger partial charge in [0.25, 0.3) is 0 Å². The van der Waals surface area contributed by atoms with Gasteiger partial charge in [-0.05, 0) is 81.6 Å². The van der Waals surface area contributed by atoms with Crippen molar-refractivity contribution in [2.45, 2.75) is 57.4 Å². The molecule has 2 aliphatic rings. The maximum Gasteiger partial charge on any atom is 0.126 e. The van der Waals surface area contributed by atoms with E-state index in [1.807, 2.05) is 36.4 Å². The first kappa shape index (κ1) is 26.5. The predicted octanol–water partition coefficient (Wildman–Crippen LogP) is 4.57. The Morgan fingerprint density at radius 3 is 2.08 bits per heavy atom. The Hall–Kier alpha value is -3.72. The molecule has 2 aliphatic carbocycles. The molecule has 7 heteroatoms. The van der Waals surface area contributed by atoms with E-state index in [1.165, 1.54) is 0 Å². The number of aliphatic hydroxyl groups excluding tert-OH is 4. The number of hydrogen-bond donors (Lipinski definition) is 6. The normalized spacial score (nSPS) is 19.6. The van der Waals surface area contributed by atoms with Crippen LogP contribution in [0.2, 0.25) is 0 Å². The molecule has 6 N–H and O–H groups in total. The van der Waals surface area contributed by atoms with E-state index in [2.05, 4.69) is 6.07 Å². The van der Waals surface area contributed by atoms with Crippen molar-refractivity contribution in [1.82, 2.24) is 0 Å². The topological polar surface area (TPSA) is 131 Å². The van der Waals surface area contributed by atoms with Crippen molar-refractivity contribution in [3.63, 3.8) is 0 Å². The van der Waals surface area contributed by atoms with Crippen molar-refractivity contribution >= 4 is 0 Å². The van der Waals surface area contributed by atoms with Crippen LogP contribution >= 0.6 is 0 Å². The fraction of sp³-hybridized carbons (Fsp3) is 0.273. The number of rotatable bonds is 7. The molecule has 4 aromatic carbocycles. The number of hydrogen-bond acceptors (Lipinski definition) is 7. The van der Waals surface area contributed by atoms with Crippen molar-refractivity contribution in [2.24, 2.45) is 0 Å². The summed E-state index contributed by atoms with van der Waals surface area (Å²) in [5, 5.41) is 61.3. The molecule has 0 spiro atoms. The van der Waals surface area contributed by atoms with Crippen LogP contribution in [0.3, 0.4) is 0 Å². The average molecular weight is 541 g/mol. The van der Waals surface area contributed by atoms with Gasteiger partial charge in [-0.25, -0.2) is 0 Å². The molecule has 0 aromatic heterocycles. The Labute approximate surface area is 232 Å². The van der Waals surface area contributed by atoms with Crippen LogP contribution in [0.1, 0.15) is 57.6 Å². The van der Waals surface area contributed by atoms with E-state index in [4.69, 9.17) is 4.74 Å². The second-order valence-corrected chi connectivity index (χ2v) is 10.7. The maximum absolute atomic E-state index is 11.0. The van der Waals surface area contributed by atoms with Gasteiger partial charge in [-0.2, -0.15) is 0 Å². The molecule has 0 heterocycles. The monoisotopic (exact) mass is 540 g/mol. The van der Waals surface area contributed by atoms with E-state index in [-0.39, 0.29) is 31.3 Å². The molecule has 0 amide bonds. The number of ether oxygens (including phenoxy) is 1. The first-order valence-electron chi connectivity index (χ1n) is 13.5. The summed E-state index contributed by atoms with van der Waals surface area (Å²) >= 11 is 0. The van der Waals surface area contributed by atoms with Crippen LogP contribution in [0.4, 0.5) is 0 Å². The Morgan fingerprint density at radius 1 is 0.675 bits per heavy atom. The number of fused-ring (bicyclic) bond motifs is 2. The number of aromatic hydroxyl groups is 2. The lowest BCUT2D eigenvalue weighted by atomic mass is 9.96. The fourth-order valence-corrected chi connectivity index (χ4v) is 5.95. The molecule has 206 valence electrons. The van der Waals surface area contributed by atoms with Crippen LogP contribution < -0.4 is 0 Å². The third kappa shape index (κ3) is 4.76. The molecule has 0 saturated heterocycles. The second-order valence-electron chi connectivity index (χ2n) is 10.7. The van der Waals surface area contributed by atoms with E-state index < -0.39 is 18.3 Å². The van der Waals surface area contributed by atoms with Crippen LogP contribution in [0.5, 0.6) is 11.5 Å². The number of phenols is 2. The summed E-state index contributed by atoms with van der Waals surface area (Å²) in [7, 11) is 0. The van der Waals surface area contributed by atoms with Crippen LogP contribution in [-0.4, -0.2) is 36.7 Å². The molecule has 0 radical (unpaired) electrons. The van der Waals surface area contributed by atoms with Gasteiger partial charge in [0.2, 0.25) is 0 Å². The summed E-state index contributed by atoms with van der Waals surface area (Å²) in [5.74, 6) is 0.0186. The lowest BCUT2D eigenvalue weighted by Crippen LogP contribution is -2.18. The molecule has 40 heavy (non-hydrogen) atoms. The van der Waals surface area contributed by atoms with Gasteiger partial charge in [-0.1, -0.05) is 42.5 Å². The third-order valence-corrected chi connectivity index (χ3v) is 8.23. The Morgan fingerprint density at radius 2 is 1.30 bits per heavy atom. The number of aryl methyl sites for hydroxylation is 1. The zero-order valence-corrected chi connectivity index (χ0v) is 21.9. The van der Waals surface area contributed by atoms with Gasteiger partial charge in [0.1, 0.15) is 17.6 Å². The molecule has 3 unspecified atom stereocenters. The van der Waals surface area contributed by atoms with Crippen LogP contribution in [0.25, 0.3) is 22.3 Å². The first-order valence-corrected chi connectivity index (χ1v) is 13.5. The lowest BCUT2D eigenvalue weighted by Gasteiger charge is -2.18. The van der Waals surface area contributed by atoms with E-state index in [0.717, 1.165) is 50.9 Å². The van der Waals surface area contributed by atoms with Gasteiger partial charge < -0.3 is 35.4 Å². The van der Waals surface area contributed by atoms with Crippen molar-refractivity contribution in [3.05, 3.63) is 106 Å². The summed E-state index contributed by atoms with van der Waals surface area (Å²) in [6.45, 7) is -0.538. The summed E-state index contributed by atoms with van der Waals surface area (Å²) in [6.07, 6.45) is 0.223. The largest absolute Gasteiger partial charge is 0.508 e. The predicted molar refractivity (Wildman–Crippen MR) is 149 cm³/mol. The molecule has 4 aromatic rings. The molecular weight excluding hydrogens is 508 g/mol. The van der Waals surface area contributed by atoms with E-state index in [1.54, 1.807) is 24.3 Å². The van der Waals surface area contributed by atoms with Gasteiger partial charge in [-0.3, -0.25) is 0 Å². The van der Waals surface area contributed by atoms with Gasteiger partial charge in [0, 0.05) is 23.1 Å². The summed E-state index contributed by atoms with van der Waals surface area (Å²) in [5.41, 5.74) is 8.67.